The van der Waals surface area contributed by atoms with E-state index in [-0.39, 0.29) is 0 Å². The maximum atomic E-state index is 6.01. The Labute approximate surface area is 157 Å². The summed E-state index contributed by atoms with van der Waals surface area (Å²) in [6.45, 7) is 7.99. The predicted octanol–water partition coefficient (Wildman–Crippen LogP) is 2.52. The number of hydrogen-bond acceptors (Lipinski definition) is 3. The number of ether oxygens (including phenoxy) is 1. The van der Waals surface area contributed by atoms with Crippen LogP contribution in [0.1, 0.15) is 57.4 Å². The highest BCUT2D eigenvalue weighted by Gasteiger charge is 2.59. The Kier molecular flexibility index (Phi) is 4.95. The molecule has 144 valence electrons. The van der Waals surface area contributed by atoms with Crippen molar-refractivity contribution in [3.8, 4) is 0 Å². The van der Waals surface area contributed by atoms with Crippen molar-refractivity contribution >= 4 is 5.96 Å². The molecule has 6 nitrogen and oxygen atoms in total. The average Bonchev–Trinajstić information content (AvgIpc) is 3.20. The largest absolute Gasteiger partial charge is 0.378 e. The molecule has 3 fully saturated rings. The van der Waals surface area contributed by atoms with Crippen LogP contribution < -0.4 is 5.32 Å². The lowest BCUT2D eigenvalue weighted by Crippen LogP contribution is -2.68. The van der Waals surface area contributed by atoms with Gasteiger partial charge in [-0.15, -0.1) is 0 Å². The quantitative estimate of drug-likeness (QED) is 0.648. The Morgan fingerprint density at radius 3 is 2.88 bits per heavy atom. The average molecular weight is 360 g/mol. The predicted molar refractivity (Wildman–Crippen MR) is 103 cm³/mol. The summed E-state index contributed by atoms with van der Waals surface area (Å²) in [5, 5.41) is 8.17. The summed E-state index contributed by atoms with van der Waals surface area (Å²) in [5.41, 5.74) is 1.72. The maximum Gasteiger partial charge on any atom is 0.194 e. The van der Waals surface area contributed by atoms with Crippen LogP contribution in [-0.2, 0) is 11.8 Å². The van der Waals surface area contributed by atoms with Crippen molar-refractivity contribution in [2.24, 2.45) is 17.5 Å². The van der Waals surface area contributed by atoms with Gasteiger partial charge in [0.1, 0.15) is 0 Å². The first-order valence-electron chi connectivity index (χ1n) is 10.3. The lowest BCUT2D eigenvalue weighted by atomic mass is 9.51. The van der Waals surface area contributed by atoms with Gasteiger partial charge in [0.25, 0.3) is 0 Å². The Morgan fingerprint density at radius 1 is 1.42 bits per heavy atom. The molecule has 2 aliphatic carbocycles. The molecule has 1 saturated heterocycles. The number of nitrogens with one attached hydrogen (secondary N) is 1. The minimum absolute atomic E-state index is 0.368. The molecule has 1 aromatic rings. The van der Waals surface area contributed by atoms with Crippen LogP contribution in [-0.4, -0.2) is 59.0 Å². The molecule has 0 aromatic carbocycles. The zero-order valence-corrected chi connectivity index (χ0v) is 16.4. The Bertz CT molecular complexity index is 650. The molecular weight excluding hydrogens is 326 g/mol. The van der Waals surface area contributed by atoms with Gasteiger partial charge in [-0.05, 0) is 45.1 Å². The molecule has 6 heteroatoms. The summed E-state index contributed by atoms with van der Waals surface area (Å²) < 4.78 is 7.91. The molecule has 4 rings (SSSR count). The number of nitrogens with zero attached hydrogens (tertiary/aromatic N) is 4. The molecule has 2 heterocycles. The number of aromatic nitrogens is 2. The topological polar surface area (TPSA) is 54.7 Å². The molecule has 0 radical (unpaired) electrons. The van der Waals surface area contributed by atoms with Crippen LogP contribution in [0.3, 0.4) is 0 Å². The van der Waals surface area contributed by atoms with Crippen molar-refractivity contribution in [3.05, 3.63) is 18.0 Å². The molecule has 3 atom stereocenters. The fraction of sp³-hybridized carbons (Fsp3) is 0.800. The van der Waals surface area contributed by atoms with Crippen LogP contribution in [0.2, 0.25) is 0 Å². The molecule has 1 aromatic heterocycles. The highest BCUT2D eigenvalue weighted by Crippen LogP contribution is 2.57. The highest BCUT2D eigenvalue weighted by atomic mass is 16.5. The standard InChI is InChI=1S/C20H33N5O/c1-4-21-19(23-17-11-18(26-5-2)20(17)8-6-9-20)25-10-7-15(14-25)16-12-22-24(3)13-16/h12-13,15,17-18H,4-11,14H2,1-3H3,(H,21,23). The van der Waals surface area contributed by atoms with E-state index in [9.17, 15) is 0 Å². The van der Waals surface area contributed by atoms with Gasteiger partial charge in [0.2, 0.25) is 0 Å². The first-order valence-corrected chi connectivity index (χ1v) is 10.3. The Morgan fingerprint density at radius 2 is 2.27 bits per heavy atom. The van der Waals surface area contributed by atoms with Gasteiger partial charge >= 0.3 is 0 Å². The van der Waals surface area contributed by atoms with Gasteiger partial charge in [-0.2, -0.15) is 5.10 Å². The molecule has 2 saturated carbocycles. The second kappa shape index (κ2) is 7.22. The van der Waals surface area contributed by atoms with Gasteiger partial charge < -0.3 is 15.0 Å². The smallest absolute Gasteiger partial charge is 0.194 e. The van der Waals surface area contributed by atoms with E-state index >= 15 is 0 Å². The Hall–Kier alpha value is -1.56. The molecule has 1 spiro atoms. The fourth-order valence-corrected chi connectivity index (χ4v) is 5.06. The molecule has 0 amide bonds. The number of rotatable bonds is 5. The lowest BCUT2D eigenvalue weighted by Gasteiger charge is -2.61. The van der Waals surface area contributed by atoms with Crippen LogP contribution in [0.25, 0.3) is 0 Å². The SMILES string of the molecule is CCN=C(NC1CC(OCC)C12CCC2)N1CCC(c2cnn(C)c2)C1. The number of hydrogen-bond donors (Lipinski definition) is 1. The van der Waals surface area contributed by atoms with Crippen molar-refractivity contribution < 1.29 is 4.74 Å². The van der Waals surface area contributed by atoms with Gasteiger partial charge in [-0.3, -0.25) is 9.67 Å². The summed E-state index contributed by atoms with van der Waals surface area (Å²) in [5.74, 6) is 1.66. The van der Waals surface area contributed by atoms with E-state index in [1.54, 1.807) is 0 Å². The van der Waals surface area contributed by atoms with E-state index < -0.39 is 0 Å². The molecule has 1 N–H and O–H groups in total. The van der Waals surface area contributed by atoms with E-state index in [1.165, 1.54) is 31.2 Å². The second-order valence-corrected chi connectivity index (χ2v) is 8.14. The Balaban J connectivity index is 1.40. The van der Waals surface area contributed by atoms with Crippen LogP contribution >= 0.6 is 0 Å². The van der Waals surface area contributed by atoms with E-state index in [0.717, 1.165) is 38.6 Å². The number of aliphatic imine (C=N–C) groups is 1. The van der Waals surface area contributed by atoms with E-state index in [2.05, 4.69) is 35.4 Å². The van der Waals surface area contributed by atoms with Gasteiger partial charge in [-0.1, -0.05) is 6.42 Å². The fourth-order valence-electron chi connectivity index (χ4n) is 5.06. The first-order chi connectivity index (χ1) is 12.7. The number of likely N-dealkylation sites (tertiary alicyclic amines) is 1. The maximum absolute atomic E-state index is 6.01. The summed E-state index contributed by atoms with van der Waals surface area (Å²) in [6, 6.07) is 0.524. The number of aryl methyl sites for hydroxylation is 1. The highest BCUT2D eigenvalue weighted by molar-refractivity contribution is 5.81. The minimum Gasteiger partial charge on any atom is -0.378 e. The van der Waals surface area contributed by atoms with Gasteiger partial charge in [-0.25, -0.2) is 0 Å². The molecular formula is C20H33N5O. The first kappa shape index (κ1) is 17.8. The summed E-state index contributed by atoms with van der Waals surface area (Å²) in [6.07, 6.45) is 10.8. The zero-order valence-electron chi connectivity index (χ0n) is 16.4. The monoisotopic (exact) mass is 359 g/mol. The molecule has 3 aliphatic rings. The third-order valence-electron chi connectivity index (χ3n) is 6.73. The van der Waals surface area contributed by atoms with E-state index in [1.807, 2.05) is 17.9 Å². The zero-order chi connectivity index (χ0) is 18.1. The van der Waals surface area contributed by atoms with Crippen molar-refractivity contribution in [2.75, 3.05) is 26.2 Å². The van der Waals surface area contributed by atoms with E-state index in [4.69, 9.17) is 9.73 Å². The van der Waals surface area contributed by atoms with Crippen LogP contribution in [0.4, 0.5) is 0 Å². The van der Waals surface area contributed by atoms with Gasteiger partial charge in [0.05, 0.1) is 12.3 Å². The van der Waals surface area contributed by atoms with Crippen LogP contribution in [0.15, 0.2) is 17.4 Å². The van der Waals surface area contributed by atoms with Crippen molar-refractivity contribution in [3.63, 3.8) is 0 Å². The third kappa shape index (κ3) is 3.02. The van der Waals surface area contributed by atoms with Crippen LogP contribution in [0, 0.1) is 5.41 Å². The normalized spacial score (nSPS) is 30.3. The summed E-state index contributed by atoms with van der Waals surface area (Å²) in [7, 11) is 1.99. The van der Waals surface area contributed by atoms with Gasteiger partial charge in [0, 0.05) is 56.9 Å². The van der Waals surface area contributed by atoms with E-state index in [0.29, 0.717) is 23.5 Å². The van der Waals surface area contributed by atoms with Gasteiger partial charge in [0.15, 0.2) is 5.96 Å². The third-order valence-corrected chi connectivity index (χ3v) is 6.73. The summed E-state index contributed by atoms with van der Waals surface area (Å²) in [4.78, 5) is 7.27. The van der Waals surface area contributed by atoms with Crippen molar-refractivity contribution in [1.82, 2.24) is 20.0 Å². The van der Waals surface area contributed by atoms with Crippen LogP contribution in [0.5, 0.6) is 0 Å². The molecule has 0 bridgehead atoms. The lowest BCUT2D eigenvalue weighted by molar-refractivity contribution is -0.168. The van der Waals surface area contributed by atoms with Crippen molar-refractivity contribution in [2.45, 2.75) is 64.0 Å². The number of guanidine groups is 1. The molecule has 26 heavy (non-hydrogen) atoms. The molecule has 1 aliphatic heterocycles. The second-order valence-electron chi connectivity index (χ2n) is 8.14. The molecule has 3 unspecified atom stereocenters. The summed E-state index contributed by atoms with van der Waals surface area (Å²) >= 11 is 0. The minimum atomic E-state index is 0.368. The van der Waals surface area contributed by atoms with Crippen molar-refractivity contribution in [1.29, 1.82) is 0 Å².